The summed E-state index contributed by atoms with van der Waals surface area (Å²) in [6.07, 6.45) is 7.41. The van der Waals surface area contributed by atoms with Crippen molar-refractivity contribution >= 4 is 22.3 Å². The van der Waals surface area contributed by atoms with Gasteiger partial charge in [-0.2, -0.15) is 0 Å². The van der Waals surface area contributed by atoms with Crippen molar-refractivity contribution < 1.29 is 5.11 Å². The fourth-order valence-corrected chi connectivity index (χ4v) is 3.88. The molecule has 3 rings (SSSR count). The Morgan fingerprint density at radius 2 is 2.12 bits per heavy atom. The lowest BCUT2D eigenvalue weighted by molar-refractivity contribution is 0.262. The Morgan fingerprint density at radius 3 is 2.84 bits per heavy atom. The van der Waals surface area contributed by atoms with E-state index in [0.717, 1.165) is 37.3 Å². The molecule has 2 heterocycles. The largest absolute Gasteiger partial charge is 0.396 e. The second-order valence-corrected chi connectivity index (χ2v) is 7.38. The van der Waals surface area contributed by atoms with Crippen LogP contribution in [0.15, 0.2) is 24.4 Å². The summed E-state index contributed by atoms with van der Waals surface area (Å²) in [5.41, 5.74) is 2.44. The van der Waals surface area contributed by atoms with E-state index in [1.807, 2.05) is 6.20 Å². The molecule has 1 unspecified atom stereocenters. The summed E-state index contributed by atoms with van der Waals surface area (Å²) in [6, 6.07) is 7.52. The van der Waals surface area contributed by atoms with E-state index in [1.165, 1.54) is 29.2 Å². The molecule has 136 valence electrons. The van der Waals surface area contributed by atoms with Crippen LogP contribution in [0, 0.1) is 0 Å². The molecule has 25 heavy (non-hydrogen) atoms. The molecule has 0 radical (unpaired) electrons. The first-order valence-corrected chi connectivity index (χ1v) is 9.69. The normalized spacial score (nSPS) is 18.1. The van der Waals surface area contributed by atoms with E-state index >= 15 is 0 Å². The summed E-state index contributed by atoms with van der Waals surface area (Å²) in [7, 11) is 0. The molecule has 0 amide bonds. The first kappa shape index (κ1) is 18.0. The van der Waals surface area contributed by atoms with Crippen LogP contribution in [-0.4, -0.2) is 35.3 Å². The van der Waals surface area contributed by atoms with E-state index in [9.17, 15) is 5.11 Å². The molecule has 1 aliphatic heterocycles. The molecule has 1 fully saturated rings. The SMILES string of the molecule is CCc1ccc2c(NC(C)C)cnc(N3CCCCC3CCO)c2c1. The molecule has 1 atom stereocenters. The Kier molecular flexibility index (Phi) is 5.79. The van der Waals surface area contributed by atoms with Gasteiger partial charge in [-0.3, -0.25) is 0 Å². The van der Waals surface area contributed by atoms with Crippen molar-refractivity contribution in [1.82, 2.24) is 4.98 Å². The second-order valence-electron chi connectivity index (χ2n) is 7.38. The van der Waals surface area contributed by atoms with E-state index in [-0.39, 0.29) is 6.61 Å². The van der Waals surface area contributed by atoms with Crippen LogP contribution in [-0.2, 0) is 6.42 Å². The van der Waals surface area contributed by atoms with Crippen molar-refractivity contribution in [1.29, 1.82) is 0 Å². The van der Waals surface area contributed by atoms with Crippen LogP contribution in [0.1, 0.15) is 52.0 Å². The summed E-state index contributed by atoms with van der Waals surface area (Å²) in [4.78, 5) is 7.30. The zero-order chi connectivity index (χ0) is 17.8. The fourth-order valence-electron chi connectivity index (χ4n) is 3.88. The highest BCUT2D eigenvalue weighted by atomic mass is 16.3. The topological polar surface area (TPSA) is 48.4 Å². The molecule has 0 spiro atoms. The zero-order valence-electron chi connectivity index (χ0n) is 15.8. The third-order valence-electron chi connectivity index (χ3n) is 5.14. The van der Waals surface area contributed by atoms with Gasteiger partial charge in [0.25, 0.3) is 0 Å². The highest BCUT2D eigenvalue weighted by Crippen LogP contribution is 2.35. The number of anilines is 2. The number of nitrogens with zero attached hydrogens (tertiary/aromatic N) is 2. The number of nitrogens with one attached hydrogen (secondary N) is 1. The number of aliphatic hydroxyl groups is 1. The molecular formula is C21H31N3O. The van der Waals surface area contributed by atoms with Crippen molar-refractivity contribution in [2.75, 3.05) is 23.4 Å². The second kappa shape index (κ2) is 8.05. The highest BCUT2D eigenvalue weighted by molar-refractivity contribution is 6.00. The van der Waals surface area contributed by atoms with Gasteiger partial charge >= 0.3 is 0 Å². The number of fused-ring (bicyclic) bond motifs is 1. The Morgan fingerprint density at radius 1 is 1.28 bits per heavy atom. The standard InChI is InChI=1S/C21H31N3O/c1-4-16-8-9-18-19(13-16)21(22-14-20(18)23-15(2)3)24-11-6-5-7-17(24)10-12-25/h8-9,13-15,17,23,25H,4-7,10-12H2,1-3H3. The zero-order valence-corrected chi connectivity index (χ0v) is 15.8. The minimum atomic E-state index is 0.242. The molecular weight excluding hydrogens is 310 g/mol. The Balaban J connectivity index is 2.10. The van der Waals surface area contributed by atoms with Crippen molar-refractivity contribution in [2.24, 2.45) is 0 Å². The van der Waals surface area contributed by atoms with Crippen molar-refractivity contribution in [2.45, 2.75) is 65.0 Å². The van der Waals surface area contributed by atoms with Gasteiger partial charge in [0.15, 0.2) is 0 Å². The third kappa shape index (κ3) is 3.90. The monoisotopic (exact) mass is 341 g/mol. The number of aliphatic hydroxyl groups excluding tert-OH is 1. The number of benzene rings is 1. The smallest absolute Gasteiger partial charge is 0.136 e. The van der Waals surface area contributed by atoms with Gasteiger partial charge in [0.05, 0.1) is 11.9 Å². The average molecular weight is 341 g/mol. The number of hydrogen-bond donors (Lipinski definition) is 2. The molecule has 0 saturated carbocycles. The number of pyridine rings is 1. The minimum absolute atomic E-state index is 0.242. The molecule has 1 aliphatic rings. The summed E-state index contributed by atoms with van der Waals surface area (Å²) in [5.74, 6) is 1.08. The Labute approximate surface area is 151 Å². The van der Waals surface area contributed by atoms with E-state index in [1.54, 1.807) is 0 Å². The number of rotatable bonds is 6. The summed E-state index contributed by atoms with van der Waals surface area (Å²) in [5, 5.41) is 15.5. The van der Waals surface area contributed by atoms with Crippen LogP contribution in [0.2, 0.25) is 0 Å². The molecule has 1 aromatic heterocycles. The van der Waals surface area contributed by atoms with E-state index in [0.29, 0.717) is 12.1 Å². The lowest BCUT2D eigenvalue weighted by atomic mass is 9.98. The lowest BCUT2D eigenvalue weighted by Gasteiger charge is -2.37. The van der Waals surface area contributed by atoms with E-state index in [2.05, 4.69) is 49.2 Å². The summed E-state index contributed by atoms with van der Waals surface area (Å²) >= 11 is 0. The molecule has 1 saturated heterocycles. The lowest BCUT2D eigenvalue weighted by Crippen LogP contribution is -2.40. The van der Waals surface area contributed by atoms with Crippen LogP contribution < -0.4 is 10.2 Å². The van der Waals surface area contributed by atoms with Gasteiger partial charge in [0.1, 0.15) is 5.82 Å². The number of hydrogen-bond acceptors (Lipinski definition) is 4. The molecule has 0 bridgehead atoms. The van der Waals surface area contributed by atoms with Crippen molar-refractivity contribution in [3.63, 3.8) is 0 Å². The van der Waals surface area contributed by atoms with Gasteiger partial charge in [-0.1, -0.05) is 19.1 Å². The van der Waals surface area contributed by atoms with E-state index in [4.69, 9.17) is 4.98 Å². The van der Waals surface area contributed by atoms with Crippen LogP contribution in [0.5, 0.6) is 0 Å². The number of aromatic nitrogens is 1. The van der Waals surface area contributed by atoms with Crippen LogP contribution in [0.4, 0.5) is 11.5 Å². The van der Waals surface area contributed by atoms with E-state index < -0.39 is 0 Å². The van der Waals surface area contributed by atoms with Gasteiger partial charge in [0.2, 0.25) is 0 Å². The molecule has 4 nitrogen and oxygen atoms in total. The first-order valence-electron chi connectivity index (χ1n) is 9.69. The Hall–Kier alpha value is -1.81. The van der Waals surface area contributed by atoms with Crippen LogP contribution in [0.25, 0.3) is 10.8 Å². The highest BCUT2D eigenvalue weighted by Gasteiger charge is 2.25. The third-order valence-corrected chi connectivity index (χ3v) is 5.14. The maximum Gasteiger partial charge on any atom is 0.136 e. The molecule has 1 aromatic carbocycles. The van der Waals surface area contributed by atoms with Crippen molar-refractivity contribution in [3.8, 4) is 0 Å². The Bertz CT molecular complexity index is 712. The van der Waals surface area contributed by atoms with Gasteiger partial charge < -0.3 is 15.3 Å². The molecule has 2 aromatic rings. The first-order chi connectivity index (χ1) is 12.1. The van der Waals surface area contributed by atoms with Crippen molar-refractivity contribution in [3.05, 3.63) is 30.0 Å². The predicted molar refractivity (Wildman–Crippen MR) is 107 cm³/mol. The van der Waals surface area contributed by atoms with Gasteiger partial charge in [-0.25, -0.2) is 4.98 Å². The molecule has 2 N–H and O–H groups in total. The quantitative estimate of drug-likeness (QED) is 0.820. The average Bonchev–Trinajstić information content (AvgIpc) is 2.62. The minimum Gasteiger partial charge on any atom is -0.396 e. The molecule has 4 heteroatoms. The summed E-state index contributed by atoms with van der Waals surface area (Å²) in [6.45, 7) is 7.77. The van der Waals surface area contributed by atoms with Gasteiger partial charge in [-0.15, -0.1) is 0 Å². The number of piperidine rings is 1. The maximum atomic E-state index is 9.46. The number of aryl methyl sites for hydroxylation is 1. The van der Waals surface area contributed by atoms with Crippen LogP contribution in [0.3, 0.4) is 0 Å². The maximum absolute atomic E-state index is 9.46. The fraction of sp³-hybridized carbons (Fsp3) is 0.571. The summed E-state index contributed by atoms with van der Waals surface area (Å²) < 4.78 is 0. The predicted octanol–water partition coefficient (Wildman–Crippen LogP) is 4.36. The van der Waals surface area contributed by atoms with Gasteiger partial charge in [0, 0.05) is 36.0 Å². The van der Waals surface area contributed by atoms with Crippen LogP contribution >= 0.6 is 0 Å². The molecule has 0 aliphatic carbocycles. The van der Waals surface area contributed by atoms with Gasteiger partial charge in [-0.05, 0) is 57.6 Å².